The minimum atomic E-state index is -0.448. The lowest BCUT2D eigenvalue weighted by Gasteiger charge is -2.27. The minimum Gasteiger partial charge on any atom is -0.423 e. The SMILES string of the molecule is CCC[Si@H]1CC[C@H](c2ccc(OC(=O)c3ccc(C#N)cc3)cc2)CC1. The van der Waals surface area contributed by atoms with Crippen LogP contribution < -0.4 is 4.74 Å². The van der Waals surface area contributed by atoms with Crippen LogP contribution >= 0.6 is 0 Å². The van der Waals surface area contributed by atoms with Gasteiger partial charge in [-0.2, -0.15) is 5.26 Å². The van der Waals surface area contributed by atoms with Crippen LogP contribution in [0.4, 0.5) is 0 Å². The molecule has 3 rings (SSSR count). The summed E-state index contributed by atoms with van der Waals surface area (Å²) in [5.74, 6) is 0.837. The summed E-state index contributed by atoms with van der Waals surface area (Å²) in [6, 6.07) is 21.0. The van der Waals surface area contributed by atoms with Gasteiger partial charge in [0, 0.05) is 8.80 Å². The van der Waals surface area contributed by atoms with Gasteiger partial charge < -0.3 is 4.74 Å². The largest absolute Gasteiger partial charge is 0.423 e. The van der Waals surface area contributed by atoms with Gasteiger partial charge in [-0.3, -0.25) is 0 Å². The predicted molar refractivity (Wildman–Crippen MR) is 106 cm³/mol. The number of nitriles is 1. The lowest BCUT2D eigenvalue weighted by molar-refractivity contribution is 0.0734. The maximum atomic E-state index is 12.2. The fourth-order valence-electron chi connectivity index (χ4n) is 3.85. The Balaban J connectivity index is 1.57. The van der Waals surface area contributed by atoms with E-state index in [9.17, 15) is 4.79 Å². The zero-order valence-corrected chi connectivity index (χ0v) is 16.4. The van der Waals surface area contributed by atoms with Crippen LogP contribution in [0.3, 0.4) is 0 Å². The summed E-state index contributed by atoms with van der Waals surface area (Å²) in [6.07, 6.45) is 3.99. The van der Waals surface area contributed by atoms with Gasteiger partial charge in [-0.15, -0.1) is 0 Å². The Bertz CT molecular complexity index is 769. The van der Waals surface area contributed by atoms with Gasteiger partial charge in [0.2, 0.25) is 0 Å². The first kappa shape index (κ1) is 18.4. The molecular formula is C22H25NO2Si. The van der Waals surface area contributed by atoms with Crippen LogP contribution in [-0.2, 0) is 0 Å². The molecule has 3 nitrogen and oxygen atoms in total. The molecule has 0 amide bonds. The summed E-state index contributed by atoms with van der Waals surface area (Å²) < 4.78 is 5.45. The van der Waals surface area contributed by atoms with Crippen molar-refractivity contribution >= 4 is 14.8 Å². The molecule has 0 aromatic heterocycles. The Morgan fingerprint density at radius 1 is 1.12 bits per heavy atom. The van der Waals surface area contributed by atoms with E-state index >= 15 is 0 Å². The monoisotopic (exact) mass is 363 g/mol. The number of rotatable bonds is 5. The molecule has 0 radical (unpaired) electrons. The summed E-state index contributed by atoms with van der Waals surface area (Å²) >= 11 is 0. The van der Waals surface area contributed by atoms with Crippen molar-refractivity contribution in [3.05, 3.63) is 65.2 Å². The third-order valence-electron chi connectivity index (χ3n) is 5.36. The molecule has 0 N–H and O–H groups in total. The van der Waals surface area contributed by atoms with Gasteiger partial charge in [0.15, 0.2) is 0 Å². The average Bonchev–Trinajstić information content (AvgIpc) is 2.69. The molecule has 2 aromatic rings. The smallest absolute Gasteiger partial charge is 0.343 e. The molecular weight excluding hydrogens is 338 g/mol. The summed E-state index contributed by atoms with van der Waals surface area (Å²) in [7, 11) is -0.448. The van der Waals surface area contributed by atoms with Crippen LogP contribution in [0.2, 0.25) is 18.1 Å². The number of esters is 1. The predicted octanol–water partition coefficient (Wildman–Crippen LogP) is 5.29. The second-order valence-electron chi connectivity index (χ2n) is 7.15. The molecule has 1 aliphatic rings. The van der Waals surface area contributed by atoms with E-state index in [4.69, 9.17) is 10.00 Å². The first-order chi connectivity index (χ1) is 12.7. The lowest BCUT2D eigenvalue weighted by Crippen LogP contribution is -2.20. The molecule has 134 valence electrons. The van der Waals surface area contributed by atoms with E-state index in [1.54, 1.807) is 24.3 Å². The van der Waals surface area contributed by atoms with Gasteiger partial charge in [-0.1, -0.05) is 43.6 Å². The number of carbonyl (C=O) groups excluding carboxylic acids is 1. The first-order valence-electron chi connectivity index (χ1n) is 9.52. The van der Waals surface area contributed by atoms with Gasteiger partial charge in [0.25, 0.3) is 0 Å². The van der Waals surface area contributed by atoms with E-state index in [0.717, 1.165) is 0 Å². The molecule has 0 saturated carbocycles. The molecule has 4 heteroatoms. The number of benzene rings is 2. The van der Waals surface area contributed by atoms with E-state index < -0.39 is 14.8 Å². The maximum Gasteiger partial charge on any atom is 0.343 e. The number of ether oxygens (including phenoxy) is 1. The van der Waals surface area contributed by atoms with E-state index in [1.807, 2.05) is 18.2 Å². The summed E-state index contributed by atoms with van der Waals surface area (Å²) in [6.45, 7) is 2.30. The van der Waals surface area contributed by atoms with Crippen LogP contribution in [0.5, 0.6) is 5.75 Å². The van der Waals surface area contributed by atoms with Gasteiger partial charge in [0.05, 0.1) is 17.2 Å². The molecule has 1 saturated heterocycles. The highest BCUT2D eigenvalue weighted by atomic mass is 28.3. The lowest BCUT2D eigenvalue weighted by atomic mass is 9.93. The molecule has 2 aromatic carbocycles. The molecule has 0 spiro atoms. The Morgan fingerprint density at radius 3 is 2.35 bits per heavy atom. The zero-order valence-electron chi connectivity index (χ0n) is 15.3. The highest BCUT2D eigenvalue weighted by Crippen LogP contribution is 2.35. The van der Waals surface area contributed by atoms with Crippen LogP contribution in [-0.4, -0.2) is 14.8 Å². The van der Waals surface area contributed by atoms with Gasteiger partial charge >= 0.3 is 5.97 Å². The van der Waals surface area contributed by atoms with Crippen molar-refractivity contribution in [1.29, 1.82) is 5.26 Å². The Hall–Kier alpha value is -2.38. The molecule has 26 heavy (non-hydrogen) atoms. The van der Waals surface area contributed by atoms with Crippen molar-refractivity contribution in [2.24, 2.45) is 0 Å². The van der Waals surface area contributed by atoms with Crippen LogP contribution in [0.25, 0.3) is 0 Å². The highest BCUT2D eigenvalue weighted by molar-refractivity contribution is 6.59. The van der Waals surface area contributed by atoms with E-state index in [2.05, 4.69) is 19.1 Å². The quantitative estimate of drug-likeness (QED) is 0.412. The van der Waals surface area contributed by atoms with E-state index in [1.165, 1.54) is 43.0 Å². The van der Waals surface area contributed by atoms with Crippen molar-refractivity contribution in [2.75, 3.05) is 0 Å². The number of nitrogens with zero attached hydrogens (tertiary/aromatic N) is 1. The summed E-state index contributed by atoms with van der Waals surface area (Å²) in [5.41, 5.74) is 2.35. The molecule has 0 bridgehead atoms. The molecule has 0 aliphatic carbocycles. The number of carbonyl (C=O) groups is 1. The standard InChI is InChI=1S/C22H25NO2Si/c1-2-13-26-14-11-19(12-15-26)18-7-9-21(10-8-18)25-22(24)20-5-3-17(16-23)4-6-20/h3-10,19,26H,2,11-15H2,1H3/t19-,26-. The molecule has 0 unspecified atom stereocenters. The fraction of sp³-hybridized carbons (Fsp3) is 0.364. The van der Waals surface area contributed by atoms with E-state index in [0.29, 0.717) is 22.8 Å². The van der Waals surface area contributed by atoms with Crippen LogP contribution in [0.15, 0.2) is 48.5 Å². The topological polar surface area (TPSA) is 50.1 Å². The van der Waals surface area contributed by atoms with Crippen molar-refractivity contribution in [3.8, 4) is 11.8 Å². The van der Waals surface area contributed by atoms with Gasteiger partial charge in [-0.05, 0) is 60.7 Å². The summed E-state index contributed by atoms with van der Waals surface area (Å²) in [5, 5.41) is 8.81. The second-order valence-corrected chi connectivity index (χ2v) is 10.6. The average molecular weight is 364 g/mol. The van der Waals surface area contributed by atoms with Crippen LogP contribution in [0, 0.1) is 11.3 Å². The van der Waals surface area contributed by atoms with Gasteiger partial charge in [-0.25, -0.2) is 4.79 Å². The Kier molecular flexibility index (Phi) is 6.24. The Labute approximate surface area is 157 Å². The second kappa shape index (κ2) is 8.82. The molecule has 1 fully saturated rings. The van der Waals surface area contributed by atoms with Crippen LogP contribution in [0.1, 0.15) is 53.6 Å². The summed E-state index contributed by atoms with van der Waals surface area (Å²) in [4.78, 5) is 12.2. The minimum absolute atomic E-state index is 0.395. The van der Waals surface area contributed by atoms with Crippen molar-refractivity contribution in [1.82, 2.24) is 0 Å². The maximum absolute atomic E-state index is 12.2. The molecule has 0 atom stereocenters. The first-order valence-corrected chi connectivity index (χ1v) is 12.0. The van der Waals surface area contributed by atoms with E-state index in [-0.39, 0.29) is 0 Å². The Morgan fingerprint density at radius 2 is 1.77 bits per heavy atom. The van der Waals surface area contributed by atoms with Crippen molar-refractivity contribution in [2.45, 2.75) is 50.2 Å². The van der Waals surface area contributed by atoms with Crippen molar-refractivity contribution in [3.63, 3.8) is 0 Å². The highest BCUT2D eigenvalue weighted by Gasteiger charge is 2.22. The fourth-order valence-corrected chi connectivity index (χ4v) is 7.28. The van der Waals surface area contributed by atoms with Crippen molar-refractivity contribution < 1.29 is 9.53 Å². The van der Waals surface area contributed by atoms with Gasteiger partial charge in [0.1, 0.15) is 5.75 Å². The molecule has 1 heterocycles. The number of hydrogen-bond donors (Lipinski definition) is 0. The number of hydrogen-bond acceptors (Lipinski definition) is 3. The third-order valence-corrected chi connectivity index (χ3v) is 9.05. The zero-order chi connectivity index (χ0) is 18.4. The normalized spacial score (nSPS) is 19.5. The molecule has 1 aliphatic heterocycles. The third kappa shape index (κ3) is 4.62.